The van der Waals surface area contributed by atoms with Crippen molar-refractivity contribution < 1.29 is 17.9 Å². The Morgan fingerprint density at radius 2 is 1.86 bits per heavy atom. The molecule has 124 valence electrons. The van der Waals surface area contributed by atoms with E-state index in [-0.39, 0.29) is 0 Å². The number of alkyl halides is 3. The second kappa shape index (κ2) is 7.82. The molecule has 2 rings (SSSR count). The van der Waals surface area contributed by atoms with Crippen LogP contribution in [0, 0.1) is 11.8 Å². The van der Waals surface area contributed by atoms with E-state index in [0.717, 1.165) is 38.8 Å². The van der Waals surface area contributed by atoms with Gasteiger partial charge in [0.05, 0.1) is 12.0 Å². The number of nitrogens with one attached hydrogen (secondary N) is 1. The van der Waals surface area contributed by atoms with E-state index in [1.165, 1.54) is 0 Å². The third-order valence-electron chi connectivity index (χ3n) is 5.09. The molecule has 1 saturated carbocycles. The van der Waals surface area contributed by atoms with Crippen LogP contribution in [-0.4, -0.2) is 31.5 Å². The average molecular weight is 307 g/mol. The number of rotatable bonds is 6. The molecule has 0 bridgehead atoms. The predicted molar refractivity (Wildman–Crippen MR) is 77.2 cm³/mol. The lowest BCUT2D eigenvalue weighted by Gasteiger charge is -2.35. The Kier molecular flexibility index (Phi) is 6.35. The first kappa shape index (κ1) is 17.1. The maximum atomic E-state index is 12.7. The number of halogens is 3. The van der Waals surface area contributed by atoms with Crippen molar-refractivity contribution in [2.24, 2.45) is 11.8 Å². The summed E-state index contributed by atoms with van der Waals surface area (Å²) in [5.74, 6) is -0.681. The Morgan fingerprint density at radius 1 is 1.14 bits per heavy atom. The van der Waals surface area contributed by atoms with Crippen LogP contribution in [0.15, 0.2) is 0 Å². The van der Waals surface area contributed by atoms with E-state index in [0.29, 0.717) is 43.7 Å². The van der Waals surface area contributed by atoms with E-state index in [1.807, 2.05) is 0 Å². The van der Waals surface area contributed by atoms with Gasteiger partial charge in [-0.3, -0.25) is 0 Å². The summed E-state index contributed by atoms with van der Waals surface area (Å²) in [6, 6.07) is 0.355. The maximum absolute atomic E-state index is 12.7. The van der Waals surface area contributed by atoms with Gasteiger partial charge in [0.15, 0.2) is 0 Å². The van der Waals surface area contributed by atoms with Crippen LogP contribution in [0.5, 0.6) is 0 Å². The molecule has 0 amide bonds. The van der Waals surface area contributed by atoms with Crippen LogP contribution in [0.1, 0.15) is 58.3 Å². The summed E-state index contributed by atoms with van der Waals surface area (Å²) >= 11 is 0. The van der Waals surface area contributed by atoms with E-state index in [9.17, 15) is 13.2 Å². The Labute approximate surface area is 125 Å². The lowest BCUT2D eigenvalue weighted by atomic mass is 9.77. The summed E-state index contributed by atoms with van der Waals surface area (Å²) in [5.41, 5.74) is 0. The fourth-order valence-electron chi connectivity index (χ4n) is 3.85. The van der Waals surface area contributed by atoms with Crippen LogP contribution >= 0.6 is 0 Å². The summed E-state index contributed by atoms with van der Waals surface area (Å²) in [7, 11) is 0. The van der Waals surface area contributed by atoms with E-state index >= 15 is 0 Å². The molecule has 2 nitrogen and oxygen atoms in total. The molecule has 2 unspecified atom stereocenters. The molecule has 1 heterocycles. The highest BCUT2D eigenvalue weighted by Crippen LogP contribution is 2.41. The molecule has 1 aliphatic heterocycles. The van der Waals surface area contributed by atoms with Crippen molar-refractivity contribution in [2.75, 3.05) is 13.2 Å². The van der Waals surface area contributed by atoms with E-state index in [4.69, 9.17) is 4.74 Å². The lowest BCUT2D eigenvalue weighted by Crippen LogP contribution is -2.40. The van der Waals surface area contributed by atoms with Crippen molar-refractivity contribution in [3.8, 4) is 0 Å². The van der Waals surface area contributed by atoms with Gasteiger partial charge in [0.1, 0.15) is 0 Å². The second-order valence-corrected chi connectivity index (χ2v) is 6.53. The first-order valence-corrected chi connectivity index (χ1v) is 8.42. The Hall–Kier alpha value is -0.290. The van der Waals surface area contributed by atoms with Gasteiger partial charge >= 0.3 is 6.18 Å². The largest absolute Gasteiger partial charge is 0.391 e. The van der Waals surface area contributed by atoms with E-state index in [2.05, 4.69) is 12.2 Å². The first-order valence-electron chi connectivity index (χ1n) is 8.42. The standard InChI is InChI=1S/C16H28F3NO/c1-2-20-15(10-9-14-4-3-11-21-14)12-5-7-13(8-6-12)16(17,18)19/h12-15,20H,2-11H2,1H3. The molecule has 1 N–H and O–H groups in total. The molecule has 0 aromatic carbocycles. The molecule has 0 aromatic heterocycles. The van der Waals surface area contributed by atoms with Crippen molar-refractivity contribution in [1.29, 1.82) is 0 Å². The average Bonchev–Trinajstić information content (AvgIpc) is 2.96. The molecule has 5 heteroatoms. The third kappa shape index (κ3) is 5.13. The van der Waals surface area contributed by atoms with Gasteiger partial charge < -0.3 is 10.1 Å². The number of hydrogen-bond donors (Lipinski definition) is 1. The smallest absolute Gasteiger partial charge is 0.378 e. The highest BCUT2D eigenvalue weighted by molar-refractivity contribution is 4.85. The summed E-state index contributed by atoms with van der Waals surface area (Å²) in [6.45, 7) is 3.82. The molecule has 2 atom stereocenters. The fraction of sp³-hybridized carbons (Fsp3) is 1.00. The van der Waals surface area contributed by atoms with Gasteiger partial charge in [-0.1, -0.05) is 6.92 Å². The molecule has 2 aliphatic rings. The lowest BCUT2D eigenvalue weighted by molar-refractivity contribution is -0.184. The van der Waals surface area contributed by atoms with Crippen molar-refractivity contribution in [3.05, 3.63) is 0 Å². The number of hydrogen-bond acceptors (Lipinski definition) is 2. The van der Waals surface area contributed by atoms with Crippen LogP contribution in [0.25, 0.3) is 0 Å². The number of ether oxygens (including phenoxy) is 1. The zero-order chi connectivity index (χ0) is 15.3. The van der Waals surface area contributed by atoms with Gasteiger partial charge in [0.2, 0.25) is 0 Å². The minimum atomic E-state index is -4.00. The fourth-order valence-corrected chi connectivity index (χ4v) is 3.85. The topological polar surface area (TPSA) is 21.3 Å². The zero-order valence-corrected chi connectivity index (χ0v) is 12.9. The molecule has 1 saturated heterocycles. The highest BCUT2D eigenvalue weighted by atomic mass is 19.4. The van der Waals surface area contributed by atoms with Gasteiger partial charge in [-0.2, -0.15) is 13.2 Å². The minimum absolute atomic E-state index is 0.302. The normalized spacial score (nSPS) is 32.3. The van der Waals surface area contributed by atoms with Crippen LogP contribution in [-0.2, 0) is 4.74 Å². The van der Waals surface area contributed by atoms with Crippen LogP contribution in [0.4, 0.5) is 13.2 Å². The maximum Gasteiger partial charge on any atom is 0.391 e. The quantitative estimate of drug-likeness (QED) is 0.790. The van der Waals surface area contributed by atoms with Crippen LogP contribution in [0.3, 0.4) is 0 Å². The Balaban J connectivity index is 1.78. The highest BCUT2D eigenvalue weighted by Gasteiger charge is 2.42. The van der Waals surface area contributed by atoms with Gasteiger partial charge in [0.25, 0.3) is 0 Å². The molecule has 0 spiro atoms. The zero-order valence-electron chi connectivity index (χ0n) is 12.9. The summed E-state index contributed by atoms with van der Waals surface area (Å²) in [6.07, 6.45) is 2.73. The van der Waals surface area contributed by atoms with Crippen LogP contribution in [0.2, 0.25) is 0 Å². The third-order valence-corrected chi connectivity index (χ3v) is 5.09. The van der Waals surface area contributed by atoms with Crippen molar-refractivity contribution in [3.63, 3.8) is 0 Å². The molecule has 0 radical (unpaired) electrons. The molecule has 21 heavy (non-hydrogen) atoms. The SMILES string of the molecule is CCNC(CCC1CCCO1)C1CCC(C(F)(F)F)CC1. The van der Waals surface area contributed by atoms with Crippen LogP contribution < -0.4 is 5.32 Å². The monoisotopic (exact) mass is 307 g/mol. The molecule has 2 fully saturated rings. The molecule has 0 aromatic rings. The summed E-state index contributed by atoms with van der Waals surface area (Å²) < 4.78 is 43.9. The summed E-state index contributed by atoms with van der Waals surface area (Å²) in [5, 5.41) is 3.49. The molecular formula is C16H28F3NO. The van der Waals surface area contributed by atoms with E-state index < -0.39 is 12.1 Å². The van der Waals surface area contributed by atoms with Gasteiger partial charge in [-0.15, -0.1) is 0 Å². The molecular weight excluding hydrogens is 279 g/mol. The second-order valence-electron chi connectivity index (χ2n) is 6.53. The minimum Gasteiger partial charge on any atom is -0.378 e. The van der Waals surface area contributed by atoms with Gasteiger partial charge in [-0.25, -0.2) is 0 Å². The van der Waals surface area contributed by atoms with Gasteiger partial charge in [0, 0.05) is 12.6 Å². The predicted octanol–water partition coefficient (Wildman–Crippen LogP) is 4.29. The van der Waals surface area contributed by atoms with E-state index in [1.54, 1.807) is 0 Å². The van der Waals surface area contributed by atoms with Crippen molar-refractivity contribution in [1.82, 2.24) is 5.32 Å². The summed E-state index contributed by atoms with van der Waals surface area (Å²) in [4.78, 5) is 0. The van der Waals surface area contributed by atoms with Gasteiger partial charge in [-0.05, 0) is 63.8 Å². The van der Waals surface area contributed by atoms with Crippen molar-refractivity contribution in [2.45, 2.75) is 76.6 Å². The first-order chi connectivity index (χ1) is 10.0. The Morgan fingerprint density at radius 3 is 2.38 bits per heavy atom. The Bertz CT molecular complexity index is 294. The van der Waals surface area contributed by atoms with Crippen molar-refractivity contribution >= 4 is 0 Å². The molecule has 1 aliphatic carbocycles.